The molecule has 22 heavy (non-hydrogen) atoms. The van der Waals surface area contributed by atoms with Crippen molar-refractivity contribution >= 4 is 5.91 Å². The number of nitrogens with one attached hydrogen (secondary N) is 1. The van der Waals surface area contributed by atoms with Crippen LogP contribution < -0.4 is 10.1 Å². The summed E-state index contributed by atoms with van der Waals surface area (Å²) in [5, 5.41) is 2.98. The summed E-state index contributed by atoms with van der Waals surface area (Å²) < 4.78 is 5.78. The lowest BCUT2D eigenvalue weighted by atomic mass is 9.97. The van der Waals surface area contributed by atoms with Gasteiger partial charge in [-0.1, -0.05) is 29.3 Å². The number of benzene rings is 1. The number of rotatable bonds is 6. The Morgan fingerprint density at radius 1 is 1.32 bits per heavy atom. The van der Waals surface area contributed by atoms with Gasteiger partial charge in [-0.2, -0.15) is 0 Å². The fourth-order valence-corrected chi connectivity index (χ4v) is 2.80. The summed E-state index contributed by atoms with van der Waals surface area (Å²) in [6.45, 7) is 6.55. The fourth-order valence-electron chi connectivity index (χ4n) is 2.80. The van der Waals surface area contributed by atoms with Crippen LogP contribution in [0.15, 0.2) is 29.8 Å². The highest BCUT2D eigenvalue weighted by molar-refractivity contribution is 5.80. The Balaban J connectivity index is 1.78. The molecule has 1 N–H and O–H groups in total. The Morgan fingerprint density at radius 3 is 2.82 bits per heavy atom. The molecule has 0 unspecified atom stereocenters. The number of hydrogen-bond acceptors (Lipinski definition) is 2. The third-order valence-corrected chi connectivity index (χ3v) is 4.13. The molecule has 0 aliphatic heterocycles. The van der Waals surface area contributed by atoms with Crippen molar-refractivity contribution in [1.29, 1.82) is 0 Å². The highest BCUT2D eigenvalue weighted by Crippen LogP contribution is 2.21. The minimum Gasteiger partial charge on any atom is -0.481 e. The highest BCUT2D eigenvalue weighted by Gasteiger charge is 2.15. The summed E-state index contributed by atoms with van der Waals surface area (Å²) >= 11 is 0. The predicted molar refractivity (Wildman–Crippen MR) is 90.2 cm³/mol. The number of allylic oxidation sites excluding steroid dienone is 1. The number of aryl methyl sites for hydroxylation is 2. The van der Waals surface area contributed by atoms with Crippen LogP contribution in [0.3, 0.4) is 0 Å². The molecule has 1 aliphatic carbocycles. The number of ether oxygens (including phenoxy) is 1. The van der Waals surface area contributed by atoms with Crippen molar-refractivity contribution in [3.8, 4) is 5.75 Å². The second-order valence-corrected chi connectivity index (χ2v) is 6.18. The molecule has 0 bridgehead atoms. The van der Waals surface area contributed by atoms with Crippen molar-refractivity contribution in [3.05, 3.63) is 41.0 Å². The topological polar surface area (TPSA) is 38.3 Å². The van der Waals surface area contributed by atoms with Crippen LogP contribution in [0.5, 0.6) is 5.75 Å². The standard InChI is InChI=1S/C19H27NO2/c1-14-9-10-18(15(2)13-14)22-16(3)19(21)20-12-11-17-7-5-4-6-8-17/h7,9-10,13,16H,4-6,8,11-12H2,1-3H3,(H,20,21)/t16-/m1/s1. The molecule has 1 amide bonds. The van der Waals surface area contributed by atoms with Gasteiger partial charge in [-0.15, -0.1) is 0 Å². The number of carbonyl (C=O) groups is 1. The van der Waals surface area contributed by atoms with E-state index >= 15 is 0 Å². The molecular weight excluding hydrogens is 274 g/mol. The third-order valence-electron chi connectivity index (χ3n) is 4.13. The first-order chi connectivity index (χ1) is 10.6. The van der Waals surface area contributed by atoms with E-state index in [0.717, 1.165) is 17.7 Å². The zero-order chi connectivity index (χ0) is 15.9. The molecule has 3 heteroatoms. The van der Waals surface area contributed by atoms with Crippen LogP contribution in [0, 0.1) is 13.8 Å². The van der Waals surface area contributed by atoms with Gasteiger partial charge in [0.1, 0.15) is 5.75 Å². The van der Waals surface area contributed by atoms with E-state index in [-0.39, 0.29) is 5.91 Å². The lowest BCUT2D eigenvalue weighted by molar-refractivity contribution is -0.127. The van der Waals surface area contributed by atoms with E-state index in [2.05, 4.69) is 17.5 Å². The molecule has 1 aromatic rings. The quantitative estimate of drug-likeness (QED) is 0.804. The molecule has 0 saturated carbocycles. The summed E-state index contributed by atoms with van der Waals surface area (Å²) in [7, 11) is 0. The summed E-state index contributed by atoms with van der Waals surface area (Å²) in [5.74, 6) is 0.736. The van der Waals surface area contributed by atoms with E-state index in [0.29, 0.717) is 6.54 Å². The van der Waals surface area contributed by atoms with Crippen LogP contribution in [0.1, 0.15) is 50.2 Å². The Morgan fingerprint density at radius 2 is 2.14 bits per heavy atom. The zero-order valence-corrected chi connectivity index (χ0v) is 13.9. The lowest BCUT2D eigenvalue weighted by Crippen LogP contribution is -2.37. The molecule has 3 nitrogen and oxygen atoms in total. The average molecular weight is 301 g/mol. The first-order valence-electron chi connectivity index (χ1n) is 8.26. The minimum absolute atomic E-state index is 0.0450. The lowest BCUT2D eigenvalue weighted by Gasteiger charge is -2.17. The normalized spacial score (nSPS) is 15.9. The van der Waals surface area contributed by atoms with Crippen LogP contribution in [0.25, 0.3) is 0 Å². The van der Waals surface area contributed by atoms with Crippen LogP contribution >= 0.6 is 0 Å². The van der Waals surface area contributed by atoms with Gasteiger partial charge in [0.15, 0.2) is 6.10 Å². The number of amides is 1. The summed E-state index contributed by atoms with van der Waals surface area (Å²) in [6, 6.07) is 6.00. The van der Waals surface area contributed by atoms with E-state index in [1.54, 1.807) is 6.92 Å². The zero-order valence-electron chi connectivity index (χ0n) is 13.9. The Kier molecular flexibility index (Phi) is 6.05. The van der Waals surface area contributed by atoms with Crippen molar-refractivity contribution in [3.63, 3.8) is 0 Å². The maximum absolute atomic E-state index is 12.1. The van der Waals surface area contributed by atoms with E-state index in [4.69, 9.17) is 4.74 Å². The van der Waals surface area contributed by atoms with Gasteiger partial charge >= 0.3 is 0 Å². The van der Waals surface area contributed by atoms with Crippen LogP contribution in [0.4, 0.5) is 0 Å². The molecule has 0 aromatic heterocycles. The third kappa shape index (κ3) is 4.90. The molecule has 120 valence electrons. The second kappa shape index (κ2) is 8.02. The molecule has 0 radical (unpaired) electrons. The van der Waals surface area contributed by atoms with Gasteiger partial charge in [-0.25, -0.2) is 0 Å². The van der Waals surface area contributed by atoms with Gasteiger partial charge in [-0.3, -0.25) is 4.79 Å². The minimum atomic E-state index is -0.471. The smallest absolute Gasteiger partial charge is 0.260 e. The monoisotopic (exact) mass is 301 g/mol. The molecule has 0 spiro atoms. The number of hydrogen-bond donors (Lipinski definition) is 1. The largest absolute Gasteiger partial charge is 0.481 e. The molecule has 1 atom stereocenters. The van der Waals surface area contributed by atoms with Gasteiger partial charge in [0.25, 0.3) is 5.91 Å². The SMILES string of the molecule is Cc1ccc(O[C@H](C)C(=O)NCCC2=CCCCC2)c(C)c1. The predicted octanol–water partition coefficient (Wildman–Crippen LogP) is 4.08. The second-order valence-electron chi connectivity index (χ2n) is 6.18. The first kappa shape index (κ1) is 16.6. The Labute approximate surface area is 133 Å². The molecule has 0 heterocycles. The van der Waals surface area contributed by atoms with Crippen molar-refractivity contribution < 1.29 is 9.53 Å². The maximum atomic E-state index is 12.1. The van der Waals surface area contributed by atoms with Crippen LogP contribution in [-0.4, -0.2) is 18.6 Å². The van der Waals surface area contributed by atoms with Crippen LogP contribution in [0.2, 0.25) is 0 Å². The van der Waals surface area contributed by atoms with Crippen molar-refractivity contribution in [2.45, 2.75) is 59.0 Å². The van der Waals surface area contributed by atoms with Gasteiger partial charge in [0, 0.05) is 6.54 Å². The molecule has 2 rings (SSSR count). The molecule has 0 fully saturated rings. The van der Waals surface area contributed by atoms with Gasteiger partial charge in [-0.05, 0) is 64.5 Å². The summed E-state index contributed by atoms with van der Waals surface area (Å²) in [6.07, 6.45) is 7.78. The molecule has 0 saturated heterocycles. The Bertz CT molecular complexity index is 548. The average Bonchev–Trinajstić information content (AvgIpc) is 2.51. The van der Waals surface area contributed by atoms with Crippen molar-refractivity contribution in [1.82, 2.24) is 5.32 Å². The maximum Gasteiger partial charge on any atom is 0.260 e. The molecule has 1 aliphatic rings. The van der Waals surface area contributed by atoms with E-state index in [9.17, 15) is 4.79 Å². The van der Waals surface area contributed by atoms with Crippen molar-refractivity contribution in [2.24, 2.45) is 0 Å². The summed E-state index contributed by atoms with van der Waals surface area (Å²) in [5.41, 5.74) is 3.74. The van der Waals surface area contributed by atoms with E-state index in [1.165, 1.54) is 36.8 Å². The van der Waals surface area contributed by atoms with E-state index in [1.807, 2.05) is 26.0 Å². The van der Waals surface area contributed by atoms with Crippen LogP contribution in [-0.2, 0) is 4.79 Å². The van der Waals surface area contributed by atoms with Gasteiger partial charge in [0.2, 0.25) is 0 Å². The van der Waals surface area contributed by atoms with E-state index < -0.39 is 6.10 Å². The highest BCUT2D eigenvalue weighted by atomic mass is 16.5. The molecule has 1 aromatic carbocycles. The van der Waals surface area contributed by atoms with Gasteiger partial charge < -0.3 is 10.1 Å². The van der Waals surface area contributed by atoms with Gasteiger partial charge in [0.05, 0.1) is 0 Å². The summed E-state index contributed by atoms with van der Waals surface area (Å²) in [4.78, 5) is 12.1. The number of carbonyl (C=O) groups excluding carboxylic acids is 1. The molecular formula is C19H27NO2. The first-order valence-corrected chi connectivity index (χ1v) is 8.26. The Hall–Kier alpha value is -1.77. The van der Waals surface area contributed by atoms with Crippen molar-refractivity contribution in [2.75, 3.05) is 6.54 Å². The fraction of sp³-hybridized carbons (Fsp3) is 0.526.